The first kappa shape index (κ1) is 42.9. The minimum absolute atomic E-state index is 0.124. The lowest BCUT2D eigenvalue weighted by molar-refractivity contribution is 0.487. The molecule has 1 aliphatic heterocycles. The van der Waals surface area contributed by atoms with Crippen LogP contribution in [0, 0.1) is 0 Å². The monoisotopic (exact) mass is 936 g/mol. The molecule has 14 rings (SSSR count). The Labute approximate surface area is 427 Å². The standard InChI is InChI=1S/C70H52N2O/c1-69(2)61-30-13-11-22-54(61)58-27-15-24-52(67(58)69)45-32-36-49(37-33-45)72(50-38-34-46(35-39-50)53-25-16-28-59-55-23-12-14-31-62(55)70(3,4)68(53)59)63-42-43-64-66-57(26-17-29-60(63)66)56-41-40-51(44-65(56)73-64)71(47-18-7-5-8-19-47)48-20-9-6-10-21-48/h5-44H,1-4H3. The van der Waals surface area contributed by atoms with Gasteiger partial charge in [0.2, 0.25) is 0 Å². The van der Waals surface area contributed by atoms with Gasteiger partial charge in [0.1, 0.15) is 11.5 Å². The van der Waals surface area contributed by atoms with Gasteiger partial charge < -0.3 is 14.5 Å². The zero-order valence-corrected chi connectivity index (χ0v) is 41.4. The molecule has 0 fully saturated rings. The van der Waals surface area contributed by atoms with Crippen molar-refractivity contribution in [1.82, 2.24) is 0 Å². The van der Waals surface area contributed by atoms with Crippen LogP contribution in [0.1, 0.15) is 49.9 Å². The Hall–Kier alpha value is -8.92. The topological polar surface area (TPSA) is 15.7 Å². The normalized spacial score (nSPS) is 13.8. The van der Waals surface area contributed by atoms with Crippen LogP contribution in [0.15, 0.2) is 243 Å². The third-order valence-electron chi connectivity index (χ3n) is 16.0. The van der Waals surface area contributed by atoms with Crippen molar-refractivity contribution in [2.45, 2.75) is 38.5 Å². The number of anilines is 6. The molecular formula is C70H52N2O. The Kier molecular flexibility index (Phi) is 9.59. The quantitative estimate of drug-likeness (QED) is 0.151. The summed E-state index contributed by atoms with van der Waals surface area (Å²) in [4.78, 5) is 4.71. The van der Waals surface area contributed by atoms with Crippen LogP contribution in [0.25, 0.3) is 66.4 Å². The van der Waals surface area contributed by atoms with Crippen molar-refractivity contribution in [3.05, 3.63) is 265 Å². The third kappa shape index (κ3) is 6.58. The van der Waals surface area contributed by atoms with Gasteiger partial charge in [0, 0.05) is 61.7 Å². The number of hydrogen-bond donors (Lipinski definition) is 0. The average molecular weight is 937 g/mol. The van der Waals surface area contributed by atoms with E-state index in [1.165, 1.54) is 66.8 Å². The van der Waals surface area contributed by atoms with Crippen molar-refractivity contribution < 1.29 is 4.74 Å². The van der Waals surface area contributed by atoms with E-state index in [2.05, 4.69) is 280 Å². The molecule has 0 bridgehead atoms. The van der Waals surface area contributed by atoms with Crippen LogP contribution in [0.5, 0.6) is 11.5 Å². The number of nitrogens with zero attached hydrogens (tertiary/aromatic N) is 2. The largest absolute Gasteiger partial charge is 0.456 e. The Bertz CT molecular complexity index is 3790. The average Bonchev–Trinajstić information content (AvgIpc) is 3.83. The Morgan fingerprint density at radius 2 is 0.740 bits per heavy atom. The number of rotatable bonds is 8. The van der Waals surface area contributed by atoms with Gasteiger partial charge in [0.15, 0.2) is 0 Å². The van der Waals surface area contributed by atoms with Gasteiger partial charge in [-0.1, -0.05) is 191 Å². The predicted octanol–water partition coefficient (Wildman–Crippen LogP) is 19.5. The van der Waals surface area contributed by atoms with Crippen LogP contribution < -0.4 is 14.5 Å². The van der Waals surface area contributed by atoms with Gasteiger partial charge in [-0.15, -0.1) is 0 Å². The van der Waals surface area contributed by atoms with Gasteiger partial charge in [-0.3, -0.25) is 0 Å². The first-order valence-electron chi connectivity index (χ1n) is 25.5. The molecule has 0 unspecified atom stereocenters. The fraction of sp³-hybridized carbons (Fsp3) is 0.0857. The molecule has 3 heteroatoms. The maximum Gasteiger partial charge on any atom is 0.137 e. The molecule has 73 heavy (non-hydrogen) atoms. The maximum absolute atomic E-state index is 7.00. The molecule has 0 radical (unpaired) electrons. The molecule has 0 amide bonds. The van der Waals surface area contributed by atoms with Crippen molar-refractivity contribution >= 4 is 44.9 Å². The maximum atomic E-state index is 7.00. The summed E-state index contributed by atoms with van der Waals surface area (Å²) in [5.74, 6) is 1.68. The molecule has 3 aliphatic rings. The fourth-order valence-corrected chi connectivity index (χ4v) is 12.7. The van der Waals surface area contributed by atoms with Gasteiger partial charge in [-0.2, -0.15) is 0 Å². The summed E-state index contributed by atoms with van der Waals surface area (Å²) < 4.78 is 7.00. The minimum atomic E-state index is -0.124. The summed E-state index contributed by atoms with van der Waals surface area (Å²) in [6.07, 6.45) is 0. The molecule has 3 nitrogen and oxygen atoms in total. The van der Waals surface area contributed by atoms with E-state index in [9.17, 15) is 0 Å². The van der Waals surface area contributed by atoms with Gasteiger partial charge >= 0.3 is 0 Å². The molecule has 11 aromatic rings. The van der Waals surface area contributed by atoms with Crippen LogP contribution in [0.4, 0.5) is 34.1 Å². The fourth-order valence-electron chi connectivity index (χ4n) is 12.7. The number of fused-ring (bicyclic) bond motifs is 8. The van der Waals surface area contributed by atoms with Crippen LogP contribution in [-0.4, -0.2) is 0 Å². The van der Waals surface area contributed by atoms with Crippen molar-refractivity contribution in [3.8, 4) is 67.1 Å². The van der Waals surface area contributed by atoms with E-state index in [0.717, 1.165) is 67.5 Å². The van der Waals surface area contributed by atoms with E-state index in [4.69, 9.17) is 4.74 Å². The number of hydrogen-bond acceptors (Lipinski definition) is 3. The zero-order chi connectivity index (χ0) is 49.0. The molecule has 0 spiro atoms. The van der Waals surface area contributed by atoms with Crippen LogP contribution >= 0.6 is 0 Å². The molecule has 0 saturated carbocycles. The molecule has 11 aromatic carbocycles. The van der Waals surface area contributed by atoms with Crippen LogP contribution in [0.3, 0.4) is 0 Å². The highest BCUT2D eigenvalue weighted by atomic mass is 16.5. The lowest BCUT2D eigenvalue weighted by atomic mass is 9.79. The summed E-state index contributed by atoms with van der Waals surface area (Å²) in [7, 11) is 0. The van der Waals surface area contributed by atoms with Crippen molar-refractivity contribution in [2.24, 2.45) is 0 Å². The Morgan fingerprint density at radius 3 is 1.29 bits per heavy atom. The molecule has 0 N–H and O–H groups in total. The zero-order valence-electron chi connectivity index (χ0n) is 41.4. The highest BCUT2D eigenvalue weighted by molar-refractivity contribution is 6.11. The Balaban J connectivity index is 0.897. The van der Waals surface area contributed by atoms with Gasteiger partial charge in [-0.25, -0.2) is 0 Å². The third-order valence-corrected chi connectivity index (χ3v) is 16.0. The lowest BCUT2D eigenvalue weighted by Crippen LogP contribution is -2.16. The first-order chi connectivity index (χ1) is 35.7. The number of para-hydroxylation sites is 2. The van der Waals surface area contributed by atoms with Crippen molar-refractivity contribution in [3.63, 3.8) is 0 Å². The molecule has 0 atom stereocenters. The Morgan fingerprint density at radius 1 is 0.301 bits per heavy atom. The van der Waals surface area contributed by atoms with E-state index < -0.39 is 0 Å². The highest BCUT2D eigenvalue weighted by Gasteiger charge is 2.39. The van der Waals surface area contributed by atoms with Crippen LogP contribution in [0.2, 0.25) is 0 Å². The second-order valence-corrected chi connectivity index (χ2v) is 20.8. The van der Waals surface area contributed by atoms with E-state index in [1.807, 2.05) is 0 Å². The number of benzene rings is 11. The summed E-state index contributed by atoms with van der Waals surface area (Å²) >= 11 is 0. The van der Waals surface area contributed by atoms with Gasteiger partial charge in [0.05, 0.1) is 5.69 Å². The first-order valence-corrected chi connectivity index (χ1v) is 25.5. The van der Waals surface area contributed by atoms with Crippen molar-refractivity contribution in [1.29, 1.82) is 0 Å². The molecule has 0 aromatic heterocycles. The highest BCUT2D eigenvalue weighted by Crippen LogP contribution is 2.56. The SMILES string of the molecule is CC1(C)c2ccccc2-c2cccc(-c3ccc(N(c4ccc(-c5cccc6c5C(C)(C)c5ccccc5-6)cc4)c4ccc5c6c(cccc46)-c4ccc(N(c6ccccc6)c6ccccc6)cc4O5)cc3)c21. The summed E-state index contributed by atoms with van der Waals surface area (Å²) in [5.41, 5.74) is 24.2. The summed E-state index contributed by atoms with van der Waals surface area (Å²) in [6, 6.07) is 88.7. The second-order valence-electron chi connectivity index (χ2n) is 20.8. The smallest absolute Gasteiger partial charge is 0.137 e. The van der Waals surface area contributed by atoms with Crippen molar-refractivity contribution in [2.75, 3.05) is 9.80 Å². The van der Waals surface area contributed by atoms with E-state index in [-0.39, 0.29) is 10.8 Å². The molecule has 2 aliphatic carbocycles. The molecular weight excluding hydrogens is 885 g/mol. The second kappa shape index (κ2) is 16.3. The molecule has 1 heterocycles. The summed E-state index contributed by atoms with van der Waals surface area (Å²) in [6.45, 7) is 9.47. The lowest BCUT2D eigenvalue weighted by Gasteiger charge is -2.30. The van der Waals surface area contributed by atoms with E-state index in [0.29, 0.717) is 0 Å². The molecule has 348 valence electrons. The van der Waals surface area contributed by atoms with Gasteiger partial charge in [-0.05, 0) is 145 Å². The van der Waals surface area contributed by atoms with Gasteiger partial charge in [0.25, 0.3) is 0 Å². The van der Waals surface area contributed by atoms with E-state index >= 15 is 0 Å². The van der Waals surface area contributed by atoms with Crippen LogP contribution in [-0.2, 0) is 10.8 Å². The predicted molar refractivity (Wildman–Crippen MR) is 305 cm³/mol. The molecule has 0 saturated heterocycles. The number of ether oxygens (including phenoxy) is 1. The minimum Gasteiger partial charge on any atom is -0.456 e. The van der Waals surface area contributed by atoms with E-state index in [1.54, 1.807) is 0 Å². The summed E-state index contributed by atoms with van der Waals surface area (Å²) in [5, 5.41) is 2.22.